The van der Waals surface area contributed by atoms with Crippen molar-refractivity contribution in [1.29, 1.82) is 0 Å². The van der Waals surface area contributed by atoms with E-state index in [0.29, 0.717) is 18.0 Å². The summed E-state index contributed by atoms with van der Waals surface area (Å²) in [4.78, 5) is 11.7. The number of hydrogen-bond donors (Lipinski definition) is 1. The lowest BCUT2D eigenvalue weighted by atomic mass is 10.3. The van der Waals surface area contributed by atoms with E-state index in [1.54, 1.807) is 23.9 Å². The molecule has 2 heterocycles. The molecule has 0 aromatic carbocycles. The molecule has 0 unspecified atom stereocenters. The van der Waals surface area contributed by atoms with Crippen molar-refractivity contribution in [3.63, 3.8) is 0 Å². The lowest BCUT2D eigenvalue weighted by Crippen LogP contribution is -2.35. The highest BCUT2D eigenvalue weighted by atomic mass is 16.5. The van der Waals surface area contributed by atoms with Gasteiger partial charge in [0, 0.05) is 24.5 Å². The molecule has 0 aliphatic heterocycles. The summed E-state index contributed by atoms with van der Waals surface area (Å²) in [6, 6.07) is 3.42. The number of nitrogens with one attached hydrogen (secondary N) is 1. The fourth-order valence-electron chi connectivity index (χ4n) is 1.51. The lowest BCUT2D eigenvalue weighted by molar-refractivity contribution is 0.0927. The Morgan fingerprint density at radius 2 is 2.47 bits per heavy atom. The van der Waals surface area contributed by atoms with Gasteiger partial charge >= 0.3 is 0 Å². The minimum atomic E-state index is -0.235. The summed E-state index contributed by atoms with van der Waals surface area (Å²) in [6.45, 7) is 4.28. The van der Waals surface area contributed by atoms with Crippen LogP contribution in [-0.2, 0) is 6.54 Å². The number of carbonyl (C=O) groups is 1. The van der Waals surface area contributed by atoms with Crippen LogP contribution in [0.15, 0.2) is 29.0 Å². The highest BCUT2D eigenvalue weighted by Crippen LogP contribution is 2.02. The van der Waals surface area contributed by atoms with Crippen LogP contribution in [0.5, 0.6) is 0 Å². The van der Waals surface area contributed by atoms with Crippen LogP contribution >= 0.6 is 0 Å². The van der Waals surface area contributed by atoms with Crippen molar-refractivity contribution in [2.24, 2.45) is 0 Å². The highest BCUT2D eigenvalue weighted by Gasteiger charge is 2.13. The highest BCUT2D eigenvalue weighted by molar-refractivity contribution is 5.92. The maximum absolute atomic E-state index is 11.7. The van der Waals surface area contributed by atoms with Crippen molar-refractivity contribution in [3.8, 4) is 0 Å². The van der Waals surface area contributed by atoms with Crippen molar-refractivity contribution in [3.05, 3.63) is 36.0 Å². The minimum Gasteiger partial charge on any atom is -0.361 e. The van der Waals surface area contributed by atoms with Crippen LogP contribution in [0.25, 0.3) is 0 Å². The normalized spacial score (nSPS) is 12.4. The van der Waals surface area contributed by atoms with E-state index >= 15 is 0 Å². The quantitative estimate of drug-likeness (QED) is 0.856. The fraction of sp³-hybridized carbons (Fsp3) is 0.364. The summed E-state index contributed by atoms with van der Waals surface area (Å²) < 4.78 is 6.61. The van der Waals surface area contributed by atoms with Gasteiger partial charge in [-0.15, -0.1) is 0 Å². The maximum atomic E-state index is 11.7. The second kappa shape index (κ2) is 4.82. The Hall–Kier alpha value is -2.11. The molecule has 0 saturated heterocycles. The van der Waals surface area contributed by atoms with Crippen molar-refractivity contribution in [1.82, 2.24) is 20.3 Å². The largest absolute Gasteiger partial charge is 0.361 e. The molecule has 2 aromatic heterocycles. The van der Waals surface area contributed by atoms with Crippen LogP contribution in [0.4, 0.5) is 0 Å². The average Bonchev–Trinajstić information content (AvgIpc) is 2.89. The van der Waals surface area contributed by atoms with E-state index < -0.39 is 0 Å². The molecule has 0 radical (unpaired) electrons. The van der Waals surface area contributed by atoms with E-state index in [1.165, 1.54) is 0 Å². The Balaban J connectivity index is 1.90. The molecular weight excluding hydrogens is 220 g/mol. The molecule has 6 heteroatoms. The molecular formula is C11H14N4O2. The van der Waals surface area contributed by atoms with Gasteiger partial charge in [0.15, 0.2) is 5.69 Å². The van der Waals surface area contributed by atoms with E-state index in [2.05, 4.69) is 15.6 Å². The third-order valence-electron chi connectivity index (χ3n) is 2.26. The van der Waals surface area contributed by atoms with Gasteiger partial charge in [-0.3, -0.25) is 9.48 Å². The average molecular weight is 234 g/mol. The van der Waals surface area contributed by atoms with E-state index in [-0.39, 0.29) is 11.9 Å². The zero-order valence-corrected chi connectivity index (χ0v) is 9.75. The standard InChI is InChI=1S/C11H14N4O2/c1-8(7-15-5-3-4-12-15)13-11(16)10-6-9(2)17-14-10/h3-6,8H,7H2,1-2H3,(H,13,16)/t8-/m1/s1. The molecule has 90 valence electrons. The first-order chi connectivity index (χ1) is 8.15. The summed E-state index contributed by atoms with van der Waals surface area (Å²) in [7, 11) is 0. The Morgan fingerprint density at radius 3 is 3.06 bits per heavy atom. The van der Waals surface area contributed by atoms with Crippen molar-refractivity contribution in [2.45, 2.75) is 26.4 Å². The van der Waals surface area contributed by atoms with Crippen LogP contribution in [0.2, 0.25) is 0 Å². The molecule has 1 amide bonds. The summed E-state index contributed by atoms with van der Waals surface area (Å²) in [5.41, 5.74) is 0.301. The van der Waals surface area contributed by atoms with E-state index in [4.69, 9.17) is 4.52 Å². The van der Waals surface area contributed by atoms with E-state index in [9.17, 15) is 4.79 Å². The van der Waals surface area contributed by atoms with Crippen molar-refractivity contribution >= 4 is 5.91 Å². The Bertz CT molecular complexity index is 489. The van der Waals surface area contributed by atoms with Gasteiger partial charge in [-0.25, -0.2) is 0 Å². The van der Waals surface area contributed by atoms with Crippen LogP contribution in [0.3, 0.4) is 0 Å². The molecule has 17 heavy (non-hydrogen) atoms. The molecule has 1 atom stereocenters. The number of carbonyl (C=O) groups excluding carboxylic acids is 1. The Labute approximate surface area is 98.6 Å². The van der Waals surface area contributed by atoms with Gasteiger partial charge in [0.1, 0.15) is 5.76 Å². The Morgan fingerprint density at radius 1 is 1.65 bits per heavy atom. The van der Waals surface area contributed by atoms with Crippen LogP contribution < -0.4 is 5.32 Å². The second-order valence-corrected chi connectivity index (χ2v) is 3.93. The third kappa shape index (κ3) is 2.93. The van der Waals surface area contributed by atoms with Gasteiger partial charge in [0.05, 0.1) is 6.54 Å². The Kier molecular flexibility index (Phi) is 3.22. The number of rotatable bonds is 4. The molecule has 0 saturated carbocycles. The summed E-state index contributed by atoms with van der Waals surface area (Å²) in [5.74, 6) is 0.386. The summed E-state index contributed by atoms with van der Waals surface area (Å²) >= 11 is 0. The van der Waals surface area contributed by atoms with Crippen LogP contribution in [0, 0.1) is 6.92 Å². The molecule has 0 aliphatic rings. The molecule has 2 aromatic rings. The summed E-state index contributed by atoms with van der Waals surface area (Å²) in [6.07, 6.45) is 3.55. The topological polar surface area (TPSA) is 73.0 Å². The lowest BCUT2D eigenvalue weighted by Gasteiger charge is -2.12. The number of aromatic nitrogens is 3. The van der Waals surface area contributed by atoms with E-state index in [1.807, 2.05) is 19.2 Å². The molecule has 0 fully saturated rings. The van der Waals surface area contributed by atoms with Crippen molar-refractivity contribution in [2.75, 3.05) is 0 Å². The second-order valence-electron chi connectivity index (χ2n) is 3.93. The predicted molar refractivity (Wildman–Crippen MR) is 60.4 cm³/mol. The van der Waals surface area contributed by atoms with Crippen LogP contribution in [-0.4, -0.2) is 26.9 Å². The van der Waals surface area contributed by atoms with Gasteiger partial charge in [-0.1, -0.05) is 5.16 Å². The number of nitrogens with zero attached hydrogens (tertiary/aromatic N) is 3. The molecule has 0 aliphatic carbocycles. The predicted octanol–water partition coefficient (Wildman–Crippen LogP) is 0.998. The first-order valence-corrected chi connectivity index (χ1v) is 5.37. The van der Waals surface area contributed by atoms with Gasteiger partial charge in [0.2, 0.25) is 0 Å². The maximum Gasteiger partial charge on any atom is 0.273 e. The molecule has 1 N–H and O–H groups in total. The smallest absolute Gasteiger partial charge is 0.273 e. The minimum absolute atomic E-state index is 0.0283. The SMILES string of the molecule is Cc1cc(C(=O)N[C@H](C)Cn2cccn2)no1. The molecule has 2 rings (SSSR count). The van der Waals surface area contributed by atoms with Gasteiger partial charge in [-0.05, 0) is 19.9 Å². The fourth-order valence-corrected chi connectivity index (χ4v) is 1.51. The summed E-state index contributed by atoms with van der Waals surface area (Å²) in [5, 5.41) is 10.6. The molecule has 0 spiro atoms. The number of hydrogen-bond acceptors (Lipinski definition) is 4. The van der Waals surface area contributed by atoms with E-state index in [0.717, 1.165) is 0 Å². The first-order valence-electron chi connectivity index (χ1n) is 5.37. The van der Waals surface area contributed by atoms with Crippen LogP contribution in [0.1, 0.15) is 23.2 Å². The zero-order valence-electron chi connectivity index (χ0n) is 9.75. The van der Waals surface area contributed by atoms with Gasteiger partial charge in [-0.2, -0.15) is 5.10 Å². The van der Waals surface area contributed by atoms with Crippen molar-refractivity contribution < 1.29 is 9.32 Å². The molecule has 0 bridgehead atoms. The monoisotopic (exact) mass is 234 g/mol. The zero-order chi connectivity index (χ0) is 12.3. The van der Waals surface area contributed by atoms with Gasteiger partial charge in [0.25, 0.3) is 5.91 Å². The molecule has 6 nitrogen and oxygen atoms in total. The third-order valence-corrected chi connectivity index (χ3v) is 2.26. The number of aryl methyl sites for hydroxylation is 1. The number of amides is 1. The van der Waals surface area contributed by atoms with Gasteiger partial charge < -0.3 is 9.84 Å². The first kappa shape index (κ1) is 11.4.